The number of alkyl halides is 2. The Morgan fingerprint density at radius 1 is 1.18 bits per heavy atom. The fourth-order valence-electron chi connectivity index (χ4n) is 3.80. The van der Waals surface area contributed by atoms with Crippen LogP contribution in [0.3, 0.4) is 0 Å². The maximum absolute atomic E-state index is 12.5. The number of ether oxygens (including phenoxy) is 3. The van der Waals surface area contributed by atoms with Crippen molar-refractivity contribution in [3.05, 3.63) is 23.3 Å². The number of nitrogens with zero attached hydrogens (tertiary/aromatic N) is 1. The fraction of sp³-hybridized carbons (Fsp3) is 0.600. The molecule has 8 heteroatoms. The molecule has 1 amide bonds. The molecule has 0 spiro atoms. The van der Waals surface area contributed by atoms with Crippen molar-refractivity contribution in [3.8, 4) is 11.5 Å². The number of methoxy groups -OCH3 is 2. The molecule has 28 heavy (non-hydrogen) atoms. The molecule has 2 rings (SSSR count). The molecule has 1 aliphatic rings. The van der Waals surface area contributed by atoms with Crippen molar-refractivity contribution in [2.75, 3.05) is 32.5 Å². The summed E-state index contributed by atoms with van der Waals surface area (Å²) < 4.78 is 16.8. The molecule has 2 atom stereocenters. The minimum atomic E-state index is -0.651. The van der Waals surface area contributed by atoms with Gasteiger partial charge in [-0.15, -0.1) is 23.2 Å². The van der Waals surface area contributed by atoms with E-state index in [0.717, 1.165) is 30.4 Å². The van der Waals surface area contributed by atoms with Gasteiger partial charge in [-0.1, -0.05) is 13.0 Å². The number of hydrogen-bond acceptors (Lipinski definition) is 5. The van der Waals surface area contributed by atoms with Gasteiger partial charge in [-0.3, -0.25) is 9.59 Å². The van der Waals surface area contributed by atoms with Crippen LogP contribution in [-0.2, 0) is 20.7 Å². The lowest BCUT2D eigenvalue weighted by Crippen LogP contribution is -2.45. The smallest absolute Gasteiger partial charge is 0.321 e. The van der Waals surface area contributed by atoms with Crippen molar-refractivity contribution >= 4 is 35.1 Å². The number of fused-ring (bicyclic) bond motifs is 1. The van der Waals surface area contributed by atoms with Crippen LogP contribution in [0.25, 0.3) is 0 Å². The summed E-state index contributed by atoms with van der Waals surface area (Å²) >= 11 is 11.6. The van der Waals surface area contributed by atoms with Crippen molar-refractivity contribution in [1.82, 2.24) is 4.90 Å². The maximum atomic E-state index is 12.5. The largest absolute Gasteiger partial charge is 0.493 e. The summed E-state index contributed by atoms with van der Waals surface area (Å²) in [5.41, 5.74) is 1.73. The lowest BCUT2D eigenvalue weighted by molar-refractivity contribution is -0.153. The van der Waals surface area contributed by atoms with Crippen molar-refractivity contribution in [3.63, 3.8) is 0 Å². The van der Waals surface area contributed by atoms with E-state index in [9.17, 15) is 9.59 Å². The molecule has 1 aromatic rings. The van der Waals surface area contributed by atoms with E-state index in [-0.39, 0.29) is 23.7 Å². The maximum Gasteiger partial charge on any atom is 0.321 e. The summed E-state index contributed by atoms with van der Waals surface area (Å²) in [6.07, 6.45) is 2.31. The zero-order chi connectivity index (χ0) is 20.7. The first kappa shape index (κ1) is 22.6. The Morgan fingerprint density at radius 2 is 1.93 bits per heavy atom. The van der Waals surface area contributed by atoms with Crippen molar-refractivity contribution in [2.45, 2.75) is 44.8 Å². The van der Waals surface area contributed by atoms with E-state index in [1.807, 2.05) is 13.0 Å². The quantitative estimate of drug-likeness (QED) is 0.356. The van der Waals surface area contributed by atoms with Crippen molar-refractivity contribution in [1.29, 1.82) is 0 Å². The summed E-state index contributed by atoms with van der Waals surface area (Å²) in [4.78, 5) is 26.4. The molecule has 0 saturated carbocycles. The Morgan fingerprint density at radius 3 is 2.50 bits per heavy atom. The van der Waals surface area contributed by atoms with Gasteiger partial charge in [-0.2, -0.15) is 0 Å². The summed E-state index contributed by atoms with van der Waals surface area (Å²) in [7, 11) is 3.16. The molecule has 0 aliphatic heterocycles. The van der Waals surface area contributed by atoms with Gasteiger partial charge in [0.05, 0.1) is 20.3 Å². The number of hydrogen-bond donors (Lipinski definition) is 0. The highest BCUT2D eigenvalue weighted by Gasteiger charge is 2.38. The highest BCUT2D eigenvalue weighted by atomic mass is 35.5. The topological polar surface area (TPSA) is 65.1 Å². The molecule has 0 bridgehead atoms. The summed E-state index contributed by atoms with van der Waals surface area (Å²) in [6, 6.07) is 3.34. The number of carbonyl (C=O) groups is 2. The van der Waals surface area contributed by atoms with Crippen LogP contribution in [0.2, 0.25) is 0 Å². The Kier molecular flexibility index (Phi) is 8.70. The number of rotatable bonds is 8. The fourth-order valence-corrected chi connectivity index (χ4v) is 4.02. The predicted octanol–water partition coefficient (Wildman–Crippen LogP) is 3.71. The van der Waals surface area contributed by atoms with Crippen LogP contribution in [0, 0.1) is 0 Å². The van der Waals surface area contributed by atoms with E-state index in [4.69, 9.17) is 37.4 Å². The first-order valence-electron chi connectivity index (χ1n) is 9.36. The van der Waals surface area contributed by atoms with Crippen molar-refractivity contribution in [2.24, 2.45) is 0 Å². The molecular weight excluding hydrogens is 405 g/mol. The van der Waals surface area contributed by atoms with Crippen LogP contribution in [0.1, 0.15) is 43.4 Å². The monoisotopic (exact) mass is 431 g/mol. The third-order valence-electron chi connectivity index (χ3n) is 4.93. The summed E-state index contributed by atoms with van der Waals surface area (Å²) in [5.74, 6) is 0.148. The van der Waals surface area contributed by atoms with Gasteiger partial charge in [-0.05, 0) is 31.7 Å². The molecule has 0 aromatic heterocycles. The van der Waals surface area contributed by atoms with Gasteiger partial charge >= 0.3 is 5.97 Å². The predicted molar refractivity (Wildman–Crippen MR) is 109 cm³/mol. The molecule has 0 heterocycles. The van der Waals surface area contributed by atoms with Gasteiger partial charge in [0.25, 0.3) is 0 Å². The number of esters is 1. The molecule has 0 unspecified atom stereocenters. The minimum Gasteiger partial charge on any atom is -0.493 e. The summed E-state index contributed by atoms with van der Waals surface area (Å²) in [5, 5.41) is 0. The molecule has 156 valence electrons. The zero-order valence-corrected chi connectivity index (χ0v) is 18.0. The van der Waals surface area contributed by atoms with Gasteiger partial charge in [0.15, 0.2) is 11.5 Å². The van der Waals surface area contributed by atoms with Crippen LogP contribution >= 0.6 is 23.2 Å². The third-order valence-corrected chi connectivity index (χ3v) is 5.38. The third kappa shape index (κ3) is 4.84. The van der Waals surface area contributed by atoms with E-state index < -0.39 is 12.1 Å². The van der Waals surface area contributed by atoms with Crippen LogP contribution in [0.5, 0.6) is 11.5 Å². The van der Waals surface area contributed by atoms with Gasteiger partial charge in [0.2, 0.25) is 5.91 Å². The van der Waals surface area contributed by atoms with Crippen LogP contribution in [0.15, 0.2) is 12.1 Å². The number of halogens is 2. The van der Waals surface area contributed by atoms with Crippen LogP contribution < -0.4 is 9.47 Å². The molecule has 0 fully saturated rings. The second-order valence-electron chi connectivity index (χ2n) is 6.59. The first-order chi connectivity index (χ1) is 13.5. The van der Waals surface area contributed by atoms with Crippen molar-refractivity contribution < 1.29 is 23.8 Å². The average molecular weight is 432 g/mol. The number of benzene rings is 1. The molecule has 0 saturated heterocycles. The normalized spacial score (nSPS) is 18.6. The van der Waals surface area contributed by atoms with E-state index >= 15 is 0 Å². The molecule has 6 nitrogen and oxygen atoms in total. The lowest BCUT2D eigenvalue weighted by Gasteiger charge is -2.36. The lowest BCUT2D eigenvalue weighted by atomic mass is 9.96. The van der Waals surface area contributed by atoms with E-state index in [1.165, 1.54) is 0 Å². The van der Waals surface area contributed by atoms with Gasteiger partial charge in [0.1, 0.15) is 17.9 Å². The Balaban J connectivity index is 2.58. The Hall–Kier alpha value is -1.66. The van der Waals surface area contributed by atoms with E-state index in [2.05, 4.69) is 0 Å². The molecule has 0 radical (unpaired) electrons. The van der Waals surface area contributed by atoms with Gasteiger partial charge in [0, 0.05) is 17.7 Å². The standard InChI is InChI=1S/C20H27Cl2NO5/c1-4-10-23(17(24)11-21)15-7-5-6-13-14(19(15)28-18(25)12-22)8-9-16(26-2)20(13)27-3/h8-9,15,19H,4-7,10-12H2,1-3H3/t15-,19-/m1/s1. The summed E-state index contributed by atoms with van der Waals surface area (Å²) in [6.45, 7) is 2.53. The Bertz CT molecular complexity index is 697. The highest BCUT2D eigenvalue weighted by molar-refractivity contribution is 6.27. The second kappa shape index (κ2) is 10.8. The second-order valence-corrected chi connectivity index (χ2v) is 7.13. The molecule has 1 aromatic carbocycles. The number of amides is 1. The SMILES string of the molecule is CCCN(C(=O)CCl)[C@@H]1CCCc2c(ccc(OC)c2OC)[C@H]1OC(=O)CCl. The Labute approximate surface area is 176 Å². The molecular formula is C20H27Cl2NO5. The van der Waals surface area contributed by atoms with Gasteiger partial charge < -0.3 is 19.1 Å². The molecule has 0 N–H and O–H groups in total. The zero-order valence-electron chi connectivity index (χ0n) is 16.5. The average Bonchev–Trinajstić information content (AvgIpc) is 2.89. The minimum absolute atomic E-state index is 0.120. The number of carbonyl (C=O) groups excluding carboxylic acids is 2. The van der Waals surface area contributed by atoms with E-state index in [1.54, 1.807) is 25.2 Å². The molecule has 1 aliphatic carbocycles. The van der Waals surface area contributed by atoms with Gasteiger partial charge in [-0.25, -0.2) is 0 Å². The van der Waals surface area contributed by atoms with Crippen LogP contribution in [0.4, 0.5) is 0 Å². The van der Waals surface area contributed by atoms with Crippen LogP contribution in [-0.4, -0.2) is 55.3 Å². The van der Waals surface area contributed by atoms with E-state index in [0.29, 0.717) is 24.5 Å². The highest BCUT2D eigenvalue weighted by Crippen LogP contribution is 2.42. The first-order valence-corrected chi connectivity index (χ1v) is 10.4.